The van der Waals surface area contributed by atoms with Crippen molar-refractivity contribution in [1.82, 2.24) is 0 Å². The molecule has 0 fully saturated rings. The zero-order chi connectivity index (χ0) is 27.0. The summed E-state index contributed by atoms with van der Waals surface area (Å²) < 4.78 is 18.4. The maximum atomic E-state index is 6.17. The normalized spacial score (nSPS) is 12.8. The summed E-state index contributed by atoms with van der Waals surface area (Å²) in [5.74, 6) is 8.07. The van der Waals surface area contributed by atoms with E-state index in [-0.39, 0.29) is 19.4 Å². The van der Waals surface area contributed by atoms with Gasteiger partial charge in [-0.25, -0.2) is 0 Å². The smallest absolute Gasteiger partial charge is 0.120 e. The molecule has 6 nitrogen and oxygen atoms in total. The van der Waals surface area contributed by atoms with Crippen molar-refractivity contribution in [2.45, 2.75) is 32.8 Å². The molecule has 0 saturated carbocycles. The molecule has 3 aromatic carbocycles. The Balaban J connectivity index is 0.00000370. The van der Waals surface area contributed by atoms with Crippen LogP contribution in [0, 0.1) is 18.8 Å². The van der Waals surface area contributed by atoms with Gasteiger partial charge >= 0.3 is 0 Å². The summed E-state index contributed by atoms with van der Waals surface area (Å²) in [4.78, 5) is 0. The Hall–Kier alpha value is -3.64. The molecule has 1 aliphatic rings. The van der Waals surface area contributed by atoms with Crippen molar-refractivity contribution >= 4 is 40.6 Å². The van der Waals surface area contributed by atoms with Crippen LogP contribution >= 0.6 is 24.8 Å². The Morgan fingerprint density at radius 2 is 1.77 bits per heavy atom. The zero-order valence-corrected chi connectivity index (χ0v) is 24.8. The molecule has 0 amide bonds. The number of thiophene rings is 1. The average Bonchev–Trinajstić information content (AvgIpc) is 3.63. The minimum Gasteiger partial charge on any atom is -0.491 e. The SMILES string of the molecule is CC#C[C@@H](CC1=NN=NC1)c1ccc(OCc2ccc3scc(-c4cc(OCCOC)ccc4C)c3c2)cc1.S. The van der Waals surface area contributed by atoms with Crippen LogP contribution in [0.5, 0.6) is 11.5 Å². The van der Waals surface area contributed by atoms with Crippen LogP contribution in [-0.2, 0) is 11.3 Å². The largest absolute Gasteiger partial charge is 0.491 e. The fourth-order valence-electron chi connectivity index (χ4n) is 4.57. The second-order valence-corrected chi connectivity index (χ2v) is 10.3. The third kappa shape index (κ3) is 7.11. The number of hydrogen-bond donors (Lipinski definition) is 0. The van der Waals surface area contributed by atoms with Crippen LogP contribution in [0.15, 0.2) is 81.5 Å². The molecule has 0 bridgehead atoms. The van der Waals surface area contributed by atoms with Gasteiger partial charge in [-0.1, -0.05) is 30.2 Å². The van der Waals surface area contributed by atoms with Crippen LogP contribution in [0.3, 0.4) is 0 Å². The summed E-state index contributed by atoms with van der Waals surface area (Å²) in [6, 6.07) is 21.0. The molecule has 1 atom stereocenters. The number of aryl methyl sites for hydroxylation is 1. The third-order valence-electron chi connectivity index (χ3n) is 6.64. The maximum absolute atomic E-state index is 6.17. The first-order chi connectivity index (χ1) is 19.1. The number of fused-ring (bicyclic) bond motifs is 1. The molecule has 0 N–H and O–H groups in total. The molecule has 1 aromatic heterocycles. The van der Waals surface area contributed by atoms with Crippen LogP contribution < -0.4 is 9.47 Å². The van der Waals surface area contributed by atoms with Gasteiger partial charge in [0, 0.05) is 29.2 Å². The van der Waals surface area contributed by atoms with Crippen molar-refractivity contribution in [3.8, 4) is 34.5 Å². The van der Waals surface area contributed by atoms with Gasteiger partial charge in [0.2, 0.25) is 0 Å². The number of rotatable bonds is 11. The number of methoxy groups -OCH3 is 1. The standard InChI is InChI=1S/C32H31N3O3S.H2S/c1-4-5-25(17-26-19-33-35-34-26)24-8-11-27(12-9-24)38-20-23-7-13-32-30(16-23)31(21-39-32)29-18-28(10-6-22(29)2)37-15-14-36-3;/h6-13,16,18,21,25H,14-15,17,19-20H2,1-3H3;1H2/t25-;/m0./s1. The number of benzene rings is 3. The first-order valence-corrected chi connectivity index (χ1v) is 13.8. The number of ether oxygens (including phenoxy) is 3. The summed E-state index contributed by atoms with van der Waals surface area (Å²) in [6.07, 6.45) is 0.735. The molecule has 2 heterocycles. The van der Waals surface area contributed by atoms with Gasteiger partial charge in [0.15, 0.2) is 0 Å². The van der Waals surface area contributed by atoms with E-state index in [1.165, 1.54) is 26.8 Å². The zero-order valence-electron chi connectivity index (χ0n) is 22.9. The highest BCUT2D eigenvalue weighted by molar-refractivity contribution is 7.59. The van der Waals surface area contributed by atoms with Gasteiger partial charge in [0.25, 0.3) is 0 Å². The second-order valence-electron chi connectivity index (χ2n) is 9.36. The van der Waals surface area contributed by atoms with E-state index < -0.39 is 0 Å². The lowest BCUT2D eigenvalue weighted by Crippen LogP contribution is -2.07. The number of nitrogens with zero attached hydrogens (tertiary/aromatic N) is 3. The highest BCUT2D eigenvalue weighted by Crippen LogP contribution is 2.38. The molecule has 0 aliphatic carbocycles. The van der Waals surface area contributed by atoms with Crippen molar-refractivity contribution in [2.24, 2.45) is 15.4 Å². The van der Waals surface area contributed by atoms with E-state index in [1.807, 2.05) is 25.1 Å². The van der Waals surface area contributed by atoms with Crippen LogP contribution in [0.25, 0.3) is 21.2 Å². The van der Waals surface area contributed by atoms with E-state index in [1.54, 1.807) is 18.4 Å². The van der Waals surface area contributed by atoms with E-state index in [0.717, 1.165) is 34.8 Å². The lowest BCUT2D eigenvalue weighted by atomic mass is 9.94. The molecule has 0 saturated heterocycles. The Morgan fingerprint density at radius 1 is 0.950 bits per heavy atom. The van der Waals surface area contributed by atoms with Gasteiger partial charge in [-0.05, 0) is 83.1 Å². The molecule has 206 valence electrons. The van der Waals surface area contributed by atoms with Gasteiger partial charge in [0.05, 0.1) is 18.2 Å². The first kappa shape index (κ1) is 29.3. The van der Waals surface area contributed by atoms with Crippen molar-refractivity contribution < 1.29 is 14.2 Å². The van der Waals surface area contributed by atoms with E-state index >= 15 is 0 Å². The molecule has 0 unspecified atom stereocenters. The highest BCUT2D eigenvalue weighted by Gasteiger charge is 2.15. The van der Waals surface area contributed by atoms with Gasteiger partial charge in [0.1, 0.15) is 31.3 Å². The van der Waals surface area contributed by atoms with E-state index in [4.69, 9.17) is 14.2 Å². The first-order valence-electron chi connectivity index (χ1n) is 12.9. The molecular formula is C32H33N3O3S2. The van der Waals surface area contributed by atoms with Crippen molar-refractivity contribution in [1.29, 1.82) is 0 Å². The van der Waals surface area contributed by atoms with Crippen LogP contribution in [0.2, 0.25) is 0 Å². The molecule has 1 aliphatic heterocycles. The molecule has 4 aromatic rings. The Labute approximate surface area is 246 Å². The van der Waals surface area contributed by atoms with E-state index in [9.17, 15) is 0 Å². The predicted octanol–water partition coefficient (Wildman–Crippen LogP) is 7.91. The predicted molar refractivity (Wildman–Crippen MR) is 168 cm³/mol. The summed E-state index contributed by atoms with van der Waals surface area (Å²) in [7, 11) is 1.68. The monoisotopic (exact) mass is 571 g/mol. The molecule has 5 rings (SSSR count). The Kier molecular flexibility index (Phi) is 10.4. The number of hydrogen-bond acceptors (Lipinski definition) is 7. The fourth-order valence-corrected chi connectivity index (χ4v) is 5.51. The molecular weight excluding hydrogens is 539 g/mol. The van der Waals surface area contributed by atoms with Crippen LogP contribution in [0.4, 0.5) is 0 Å². The Morgan fingerprint density at radius 3 is 2.52 bits per heavy atom. The van der Waals surface area contributed by atoms with Crippen molar-refractivity contribution in [3.05, 3.63) is 82.7 Å². The van der Waals surface area contributed by atoms with Crippen molar-refractivity contribution in [3.63, 3.8) is 0 Å². The van der Waals surface area contributed by atoms with Gasteiger partial charge in [-0.15, -0.1) is 22.4 Å². The molecule has 8 heteroatoms. The van der Waals surface area contributed by atoms with Crippen molar-refractivity contribution in [2.75, 3.05) is 26.9 Å². The van der Waals surface area contributed by atoms with Gasteiger partial charge < -0.3 is 14.2 Å². The summed E-state index contributed by atoms with van der Waals surface area (Å²) in [5, 5.41) is 15.2. The summed E-state index contributed by atoms with van der Waals surface area (Å²) in [6.45, 7) is 6.14. The third-order valence-corrected chi connectivity index (χ3v) is 7.61. The lowest BCUT2D eigenvalue weighted by molar-refractivity contribution is 0.146. The van der Waals surface area contributed by atoms with Crippen LogP contribution in [-0.4, -0.2) is 32.6 Å². The second kappa shape index (κ2) is 14.1. The van der Waals surface area contributed by atoms with Crippen LogP contribution in [0.1, 0.15) is 36.0 Å². The minimum atomic E-state index is 0. The fraction of sp³-hybridized carbons (Fsp3) is 0.281. The quantitative estimate of drug-likeness (QED) is 0.136. The molecule has 40 heavy (non-hydrogen) atoms. The van der Waals surface area contributed by atoms with Gasteiger partial charge in [-0.3, -0.25) is 0 Å². The topological polar surface area (TPSA) is 64.8 Å². The van der Waals surface area contributed by atoms with Gasteiger partial charge in [-0.2, -0.15) is 18.6 Å². The summed E-state index contributed by atoms with van der Waals surface area (Å²) in [5.41, 5.74) is 6.83. The maximum Gasteiger partial charge on any atom is 0.120 e. The highest BCUT2D eigenvalue weighted by atomic mass is 32.1. The Bertz CT molecular complexity index is 1570. The molecule has 0 spiro atoms. The van der Waals surface area contributed by atoms with E-state index in [2.05, 4.69) is 82.0 Å². The lowest BCUT2D eigenvalue weighted by Gasteiger charge is -2.12. The molecule has 0 radical (unpaired) electrons. The average molecular weight is 572 g/mol. The summed E-state index contributed by atoms with van der Waals surface area (Å²) >= 11 is 1.75. The van der Waals surface area contributed by atoms with E-state index in [0.29, 0.717) is 26.4 Å². The minimum absolute atomic E-state index is 0.